The number of methoxy groups -OCH3 is 1. The molecule has 1 aromatic rings. The zero-order valence-corrected chi connectivity index (χ0v) is 13.9. The van der Waals surface area contributed by atoms with Crippen molar-refractivity contribution in [2.24, 2.45) is 0 Å². The van der Waals surface area contributed by atoms with E-state index in [0.717, 1.165) is 5.75 Å². The smallest absolute Gasteiger partial charge is 0.123 e. The van der Waals surface area contributed by atoms with Gasteiger partial charge in [0.1, 0.15) is 5.75 Å². The van der Waals surface area contributed by atoms with Gasteiger partial charge in [0.05, 0.1) is 7.11 Å². The molecule has 1 aliphatic heterocycles. The molecule has 0 bridgehead atoms. The second kappa shape index (κ2) is 7.81. The highest BCUT2D eigenvalue weighted by atomic mass is 16.5. The second-order valence-corrected chi connectivity index (χ2v) is 6.39. The van der Waals surface area contributed by atoms with Crippen LogP contribution in [-0.2, 0) is 0 Å². The van der Waals surface area contributed by atoms with Crippen molar-refractivity contribution >= 4 is 0 Å². The van der Waals surface area contributed by atoms with Crippen molar-refractivity contribution < 1.29 is 4.74 Å². The summed E-state index contributed by atoms with van der Waals surface area (Å²) in [7, 11) is 1.75. The SMILES string of the molecule is COc1ccccc1C(C)NC1CCCN(C(C)C)CC1. The van der Waals surface area contributed by atoms with Gasteiger partial charge >= 0.3 is 0 Å². The van der Waals surface area contributed by atoms with Crippen LogP contribution in [0.25, 0.3) is 0 Å². The fourth-order valence-electron chi connectivity index (χ4n) is 3.27. The van der Waals surface area contributed by atoms with Crippen LogP contribution in [0, 0.1) is 0 Å². The van der Waals surface area contributed by atoms with Crippen LogP contribution in [0.2, 0.25) is 0 Å². The molecule has 2 rings (SSSR count). The molecule has 1 aliphatic rings. The lowest BCUT2D eigenvalue weighted by Crippen LogP contribution is -2.35. The first-order chi connectivity index (χ1) is 10.1. The van der Waals surface area contributed by atoms with Crippen molar-refractivity contribution in [3.05, 3.63) is 29.8 Å². The summed E-state index contributed by atoms with van der Waals surface area (Å²) in [5, 5.41) is 3.80. The molecule has 0 radical (unpaired) electrons. The minimum Gasteiger partial charge on any atom is -0.496 e. The standard InChI is InChI=1S/C18H30N2O/c1-14(2)20-12-7-8-16(11-13-20)19-15(3)17-9-5-6-10-18(17)21-4/h5-6,9-10,14-16,19H,7-8,11-13H2,1-4H3. The first kappa shape index (κ1) is 16.3. The highest BCUT2D eigenvalue weighted by Crippen LogP contribution is 2.26. The Morgan fingerprint density at radius 2 is 1.90 bits per heavy atom. The Balaban J connectivity index is 1.95. The van der Waals surface area contributed by atoms with Crippen molar-refractivity contribution in [3.63, 3.8) is 0 Å². The van der Waals surface area contributed by atoms with E-state index in [1.807, 2.05) is 12.1 Å². The van der Waals surface area contributed by atoms with Gasteiger partial charge in [0.2, 0.25) is 0 Å². The van der Waals surface area contributed by atoms with Gasteiger partial charge in [-0.3, -0.25) is 0 Å². The van der Waals surface area contributed by atoms with Crippen LogP contribution in [0.5, 0.6) is 5.75 Å². The van der Waals surface area contributed by atoms with Crippen LogP contribution in [0.1, 0.15) is 51.6 Å². The molecule has 21 heavy (non-hydrogen) atoms. The zero-order chi connectivity index (χ0) is 15.2. The fraction of sp³-hybridized carbons (Fsp3) is 0.667. The molecule has 2 atom stereocenters. The molecule has 1 heterocycles. The first-order valence-electron chi connectivity index (χ1n) is 8.24. The van der Waals surface area contributed by atoms with Gasteiger partial charge in [0, 0.05) is 23.7 Å². The minimum atomic E-state index is 0.330. The van der Waals surface area contributed by atoms with Gasteiger partial charge in [-0.25, -0.2) is 0 Å². The molecule has 3 nitrogen and oxygen atoms in total. The van der Waals surface area contributed by atoms with Crippen molar-refractivity contribution in [3.8, 4) is 5.75 Å². The lowest BCUT2D eigenvalue weighted by molar-refractivity contribution is 0.228. The molecule has 0 saturated carbocycles. The van der Waals surface area contributed by atoms with Crippen LogP contribution in [0.4, 0.5) is 0 Å². The van der Waals surface area contributed by atoms with Gasteiger partial charge < -0.3 is 15.0 Å². The van der Waals surface area contributed by atoms with Crippen molar-refractivity contribution in [2.45, 2.75) is 58.2 Å². The molecule has 0 amide bonds. The average Bonchev–Trinajstić information content (AvgIpc) is 2.72. The molecule has 0 spiro atoms. The molecule has 0 aliphatic carbocycles. The number of para-hydroxylation sites is 1. The van der Waals surface area contributed by atoms with E-state index in [-0.39, 0.29) is 0 Å². The van der Waals surface area contributed by atoms with E-state index >= 15 is 0 Å². The summed E-state index contributed by atoms with van der Waals surface area (Å²) < 4.78 is 5.48. The van der Waals surface area contributed by atoms with E-state index in [9.17, 15) is 0 Å². The van der Waals surface area contributed by atoms with Crippen LogP contribution in [-0.4, -0.2) is 37.2 Å². The number of nitrogens with one attached hydrogen (secondary N) is 1. The van der Waals surface area contributed by atoms with E-state index < -0.39 is 0 Å². The van der Waals surface area contributed by atoms with Gasteiger partial charge in [0.15, 0.2) is 0 Å². The predicted octanol–water partition coefficient (Wildman–Crippen LogP) is 3.61. The van der Waals surface area contributed by atoms with E-state index in [1.54, 1.807) is 7.11 Å². The van der Waals surface area contributed by atoms with Crippen LogP contribution >= 0.6 is 0 Å². The summed E-state index contributed by atoms with van der Waals surface area (Å²) in [5.41, 5.74) is 1.25. The summed E-state index contributed by atoms with van der Waals surface area (Å²) in [5.74, 6) is 0.981. The highest BCUT2D eigenvalue weighted by molar-refractivity contribution is 5.35. The van der Waals surface area contributed by atoms with E-state index in [1.165, 1.54) is 37.9 Å². The normalized spacial score (nSPS) is 22.0. The third-order valence-corrected chi connectivity index (χ3v) is 4.58. The number of hydrogen-bond donors (Lipinski definition) is 1. The Kier molecular flexibility index (Phi) is 6.07. The Hall–Kier alpha value is -1.06. The maximum absolute atomic E-state index is 5.48. The Morgan fingerprint density at radius 1 is 1.14 bits per heavy atom. The molecule has 3 heteroatoms. The summed E-state index contributed by atoms with van der Waals surface area (Å²) in [6.07, 6.45) is 3.79. The Morgan fingerprint density at radius 3 is 2.62 bits per heavy atom. The predicted molar refractivity (Wildman–Crippen MR) is 88.9 cm³/mol. The van der Waals surface area contributed by atoms with E-state index in [0.29, 0.717) is 18.1 Å². The molecule has 118 valence electrons. The molecular formula is C18H30N2O. The van der Waals surface area contributed by atoms with Crippen molar-refractivity contribution in [1.82, 2.24) is 10.2 Å². The van der Waals surface area contributed by atoms with Crippen molar-refractivity contribution in [1.29, 1.82) is 0 Å². The van der Waals surface area contributed by atoms with Gasteiger partial charge in [-0.1, -0.05) is 18.2 Å². The fourth-order valence-corrected chi connectivity index (χ4v) is 3.27. The van der Waals surface area contributed by atoms with Crippen LogP contribution in [0.15, 0.2) is 24.3 Å². The Bertz CT molecular complexity index is 433. The number of ether oxygens (including phenoxy) is 1. The van der Waals surface area contributed by atoms with Crippen LogP contribution < -0.4 is 10.1 Å². The molecule has 2 unspecified atom stereocenters. The number of nitrogens with zero attached hydrogens (tertiary/aromatic N) is 1. The van der Waals surface area contributed by atoms with Gasteiger partial charge in [-0.2, -0.15) is 0 Å². The van der Waals surface area contributed by atoms with E-state index in [4.69, 9.17) is 4.74 Å². The number of hydrogen-bond acceptors (Lipinski definition) is 3. The minimum absolute atomic E-state index is 0.330. The van der Waals surface area contributed by atoms with Crippen LogP contribution in [0.3, 0.4) is 0 Å². The average molecular weight is 290 g/mol. The third-order valence-electron chi connectivity index (χ3n) is 4.58. The van der Waals surface area contributed by atoms with Gasteiger partial charge in [-0.05, 0) is 59.2 Å². The molecule has 0 aromatic heterocycles. The maximum atomic E-state index is 5.48. The second-order valence-electron chi connectivity index (χ2n) is 6.39. The van der Waals surface area contributed by atoms with Crippen molar-refractivity contribution in [2.75, 3.05) is 20.2 Å². The van der Waals surface area contributed by atoms with Gasteiger partial charge in [0.25, 0.3) is 0 Å². The van der Waals surface area contributed by atoms with E-state index in [2.05, 4.69) is 43.1 Å². The Labute approximate surface area is 129 Å². The third kappa shape index (κ3) is 4.45. The lowest BCUT2D eigenvalue weighted by Gasteiger charge is -2.25. The molecule has 1 aromatic carbocycles. The highest BCUT2D eigenvalue weighted by Gasteiger charge is 2.21. The maximum Gasteiger partial charge on any atom is 0.123 e. The molecule has 1 saturated heterocycles. The molecule has 1 fully saturated rings. The molecular weight excluding hydrogens is 260 g/mol. The first-order valence-corrected chi connectivity index (χ1v) is 8.24. The summed E-state index contributed by atoms with van der Waals surface area (Å²) >= 11 is 0. The number of likely N-dealkylation sites (tertiary alicyclic amines) is 1. The zero-order valence-electron chi connectivity index (χ0n) is 13.9. The van der Waals surface area contributed by atoms with Gasteiger partial charge in [-0.15, -0.1) is 0 Å². The lowest BCUT2D eigenvalue weighted by atomic mass is 10.0. The molecule has 1 N–H and O–H groups in total. The summed E-state index contributed by atoms with van der Waals surface area (Å²) in [6.45, 7) is 9.27. The monoisotopic (exact) mass is 290 g/mol. The largest absolute Gasteiger partial charge is 0.496 e. The topological polar surface area (TPSA) is 24.5 Å². The summed E-state index contributed by atoms with van der Waals surface area (Å²) in [6, 6.07) is 9.92. The summed E-state index contributed by atoms with van der Waals surface area (Å²) in [4.78, 5) is 2.59. The number of rotatable bonds is 5. The quantitative estimate of drug-likeness (QED) is 0.896. The number of benzene rings is 1.